The fourth-order valence-corrected chi connectivity index (χ4v) is 3.17. The molecule has 0 saturated heterocycles. The van der Waals surface area contributed by atoms with Crippen LogP contribution in [0.4, 0.5) is 0 Å². The molecule has 7 nitrogen and oxygen atoms in total. The Hall–Kier alpha value is -2.61. The number of esters is 1. The van der Waals surface area contributed by atoms with Gasteiger partial charge in [0.1, 0.15) is 5.76 Å². The number of hydrogen-bond acceptors (Lipinski definition) is 6. The number of ether oxygens (including phenoxy) is 1. The highest BCUT2D eigenvalue weighted by Crippen LogP contribution is 2.13. The number of carbonyl (C=O) groups is 2. The molecule has 0 radical (unpaired) electrons. The van der Waals surface area contributed by atoms with Gasteiger partial charge in [-0.05, 0) is 31.2 Å². The monoisotopic (exact) mass is 365 g/mol. The zero-order valence-corrected chi connectivity index (χ0v) is 14.5. The van der Waals surface area contributed by atoms with Crippen molar-refractivity contribution in [2.45, 2.75) is 24.8 Å². The van der Waals surface area contributed by atoms with E-state index in [0.29, 0.717) is 5.76 Å². The Kier molecular flexibility index (Phi) is 6.35. The molecule has 25 heavy (non-hydrogen) atoms. The molecule has 1 aromatic carbocycles. The molecule has 0 saturated carbocycles. The fourth-order valence-electron chi connectivity index (χ4n) is 1.95. The standard InChI is InChI=1S/C17H19NO6S/c1-13-4-6-15(7-5-13)25(21,22)10-8-17(20)24-12-16(19)18-11-14-3-2-9-23-14/h2-7,9H,8,10-12H2,1H3,(H,18,19). The summed E-state index contributed by atoms with van der Waals surface area (Å²) in [6.07, 6.45) is 1.16. The van der Waals surface area contributed by atoms with Crippen molar-refractivity contribution in [1.29, 1.82) is 0 Å². The Morgan fingerprint density at radius 3 is 2.52 bits per heavy atom. The Labute approximate surface area is 145 Å². The van der Waals surface area contributed by atoms with E-state index in [-0.39, 0.29) is 23.6 Å². The molecular weight excluding hydrogens is 346 g/mol. The highest BCUT2D eigenvalue weighted by molar-refractivity contribution is 7.91. The van der Waals surface area contributed by atoms with Gasteiger partial charge in [-0.3, -0.25) is 9.59 Å². The highest BCUT2D eigenvalue weighted by atomic mass is 32.2. The first kappa shape index (κ1) is 18.7. The average molecular weight is 365 g/mol. The van der Waals surface area contributed by atoms with Crippen molar-refractivity contribution >= 4 is 21.7 Å². The van der Waals surface area contributed by atoms with Gasteiger partial charge in [0.15, 0.2) is 16.4 Å². The molecule has 1 aromatic heterocycles. The van der Waals surface area contributed by atoms with E-state index in [2.05, 4.69) is 5.32 Å². The molecule has 0 bridgehead atoms. The summed E-state index contributed by atoms with van der Waals surface area (Å²) in [6, 6.07) is 9.76. The molecule has 0 atom stereocenters. The molecule has 0 aliphatic carbocycles. The van der Waals surface area contributed by atoms with Crippen molar-refractivity contribution in [3.05, 3.63) is 54.0 Å². The zero-order chi connectivity index (χ0) is 18.3. The predicted molar refractivity (Wildman–Crippen MR) is 89.4 cm³/mol. The normalized spacial score (nSPS) is 11.1. The first-order valence-electron chi connectivity index (χ1n) is 7.61. The third-order valence-corrected chi connectivity index (χ3v) is 5.09. The summed E-state index contributed by atoms with van der Waals surface area (Å²) < 4.78 is 34.1. The molecule has 1 N–H and O–H groups in total. The summed E-state index contributed by atoms with van der Waals surface area (Å²) in [7, 11) is -3.56. The predicted octanol–water partition coefficient (Wildman–Crippen LogP) is 1.61. The number of amides is 1. The van der Waals surface area contributed by atoms with E-state index in [9.17, 15) is 18.0 Å². The topological polar surface area (TPSA) is 103 Å². The van der Waals surface area contributed by atoms with Crippen molar-refractivity contribution in [3.8, 4) is 0 Å². The molecular formula is C17H19NO6S. The number of carbonyl (C=O) groups excluding carboxylic acids is 2. The first-order chi connectivity index (χ1) is 11.9. The molecule has 2 rings (SSSR count). The number of rotatable bonds is 8. The second-order valence-corrected chi connectivity index (χ2v) is 7.51. The van der Waals surface area contributed by atoms with Crippen LogP contribution < -0.4 is 5.32 Å². The molecule has 0 spiro atoms. The molecule has 1 heterocycles. The summed E-state index contributed by atoms with van der Waals surface area (Å²) in [6.45, 7) is 1.57. The quantitative estimate of drug-likeness (QED) is 0.713. The van der Waals surface area contributed by atoms with Crippen LogP contribution in [-0.4, -0.2) is 32.7 Å². The van der Waals surface area contributed by atoms with E-state index in [0.717, 1.165) is 5.56 Å². The molecule has 0 fully saturated rings. The summed E-state index contributed by atoms with van der Waals surface area (Å²) in [5.41, 5.74) is 0.943. The van der Waals surface area contributed by atoms with E-state index in [1.54, 1.807) is 24.3 Å². The van der Waals surface area contributed by atoms with Gasteiger partial charge in [-0.25, -0.2) is 8.42 Å². The van der Waals surface area contributed by atoms with Crippen molar-refractivity contribution in [1.82, 2.24) is 5.32 Å². The van der Waals surface area contributed by atoms with Crippen molar-refractivity contribution in [2.75, 3.05) is 12.4 Å². The Balaban J connectivity index is 1.72. The van der Waals surface area contributed by atoms with Crippen LogP contribution in [0.1, 0.15) is 17.7 Å². The highest BCUT2D eigenvalue weighted by Gasteiger charge is 2.17. The van der Waals surface area contributed by atoms with Gasteiger partial charge in [-0.15, -0.1) is 0 Å². The van der Waals surface area contributed by atoms with Gasteiger partial charge in [0, 0.05) is 0 Å². The first-order valence-corrected chi connectivity index (χ1v) is 9.26. The maximum absolute atomic E-state index is 12.1. The molecule has 0 unspecified atom stereocenters. The Morgan fingerprint density at radius 2 is 1.88 bits per heavy atom. The van der Waals surface area contributed by atoms with E-state index in [1.807, 2.05) is 6.92 Å². The summed E-state index contributed by atoms with van der Waals surface area (Å²) in [5, 5.41) is 2.52. The molecule has 2 aromatic rings. The molecule has 1 amide bonds. The van der Waals surface area contributed by atoms with Crippen molar-refractivity contribution in [3.63, 3.8) is 0 Å². The largest absolute Gasteiger partial charge is 0.467 e. The van der Waals surface area contributed by atoms with Crippen molar-refractivity contribution < 1.29 is 27.2 Å². The van der Waals surface area contributed by atoms with E-state index in [1.165, 1.54) is 18.4 Å². The number of furan rings is 1. The van der Waals surface area contributed by atoms with Crippen LogP contribution in [0.15, 0.2) is 52.0 Å². The fraction of sp³-hybridized carbons (Fsp3) is 0.294. The molecule has 134 valence electrons. The number of sulfone groups is 1. The number of nitrogens with one attached hydrogen (secondary N) is 1. The Morgan fingerprint density at radius 1 is 1.16 bits per heavy atom. The Bertz CT molecular complexity index is 809. The number of benzene rings is 1. The SMILES string of the molecule is Cc1ccc(S(=O)(=O)CCC(=O)OCC(=O)NCc2ccco2)cc1. The number of hydrogen-bond donors (Lipinski definition) is 1. The lowest BCUT2D eigenvalue weighted by molar-refractivity contribution is -0.148. The summed E-state index contributed by atoms with van der Waals surface area (Å²) in [5.74, 6) is -1.04. The van der Waals surface area contributed by atoms with Crippen LogP contribution in [0.2, 0.25) is 0 Å². The zero-order valence-electron chi connectivity index (χ0n) is 13.7. The van der Waals surface area contributed by atoms with E-state index < -0.39 is 28.3 Å². The lowest BCUT2D eigenvalue weighted by atomic mass is 10.2. The summed E-state index contributed by atoms with van der Waals surface area (Å²) in [4.78, 5) is 23.3. The number of aryl methyl sites for hydroxylation is 1. The maximum Gasteiger partial charge on any atom is 0.307 e. The van der Waals surface area contributed by atoms with Gasteiger partial charge < -0.3 is 14.5 Å². The minimum atomic E-state index is -3.56. The third kappa shape index (κ3) is 6.07. The second-order valence-electron chi connectivity index (χ2n) is 5.40. The van der Waals surface area contributed by atoms with Gasteiger partial charge in [0.2, 0.25) is 0 Å². The van der Waals surface area contributed by atoms with Crippen LogP contribution >= 0.6 is 0 Å². The van der Waals surface area contributed by atoms with Gasteiger partial charge >= 0.3 is 5.97 Å². The van der Waals surface area contributed by atoms with Gasteiger partial charge in [-0.2, -0.15) is 0 Å². The van der Waals surface area contributed by atoms with Gasteiger partial charge in [0.05, 0.1) is 29.9 Å². The van der Waals surface area contributed by atoms with Crippen LogP contribution in [0.25, 0.3) is 0 Å². The van der Waals surface area contributed by atoms with Gasteiger partial charge in [-0.1, -0.05) is 17.7 Å². The molecule has 0 aliphatic heterocycles. The van der Waals surface area contributed by atoms with Crippen LogP contribution in [0.3, 0.4) is 0 Å². The minimum absolute atomic E-state index is 0.155. The average Bonchev–Trinajstić information content (AvgIpc) is 3.10. The summed E-state index contributed by atoms with van der Waals surface area (Å²) >= 11 is 0. The van der Waals surface area contributed by atoms with E-state index >= 15 is 0 Å². The van der Waals surface area contributed by atoms with Crippen molar-refractivity contribution in [2.24, 2.45) is 0 Å². The lowest BCUT2D eigenvalue weighted by Crippen LogP contribution is -2.28. The van der Waals surface area contributed by atoms with Gasteiger partial charge in [0.25, 0.3) is 5.91 Å². The lowest BCUT2D eigenvalue weighted by Gasteiger charge is -2.07. The van der Waals surface area contributed by atoms with Crippen LogP contribution in [-0.2, 0) is 30.7 Å². The van der Waals surface area contributed by atoms with E-state index in [4.69, 9.17) is 9.15 Å². The smallest absolute Gasteiger partial charge is 0.307 e. The molecule has 0 aliphatic rings. The minimum Gasteiger partial charge on any atom is -0.467 e. The van der Waals surface area contributed by atoms with Crippen LogP contribution in [0.5, 0.6) is 0 Å². The molecule has 8 heteroatoms. The maximum atomic E-state index is 12.1. The second kappa shape index (κ2) is 8.48. The third-order valence-electron chi connectivity index (χ3n) is 3.36. The van der Waals surface area contributed by atoms with Crippen LogP contribution in [0, 0.1) is 6.92 Å².